The molecule has 0 amide bonds. The summed E-state index contributed by atoms with van der Waals surface area (Å²) in [6, 6.07) is 1.73. The van der Waals surface area contributed by atoms with Crippen molar-refractivity contribution in [3.63, 3.8) is 0 Å². The van der Waals surface area contributed by atoms with Crippen LogP contribution in [0.1, 0.15) is 18.3 Å². The highest BCUT2D eigenvalue weighted by Gasteiger charge is 2.23. The van der Waals surface area contributed by atoms with Crippen molar-refractivity contribution >= 4 is 10.0 Å². The maximum Gasteiger partial charge on any atom is 0.260 e. The van der Waals surface area contributed by atoms with Crippen molar-refractivity contribution in [2.24, 2.45) is 0 Å². The number of H-pyrrole nitrogens is 1. The topological polar surface area (TPSA) is 79.2 Å². The molecule has 0 saturated heterocycles. The van der Waals surface area contributed by atoms with E-state index >= 15 is 0 Å². The zero-order valence-electron chi connectivity index (χ0n) is 10.3. The highest BCUT2D eigenvalue weighted by atomic mass is 32.2. The van der Waals surface area contributed by atoms with Crippen LogP contribution in [0.15, 0.2) is 34.2 Å². The summed E-state index contributed by atoms with van der Waals surface area (Å²) in [4.78, 5) is 6.80. The SMILES string of the molecule is CCc1ncc(S(=O)(=O)N(C)Cc2ccoc2)[nH]1. The molecule has 0 spiro atoms. The molecule has 2 heterocycles. The minimum atomic E-state index is -3.53. The molecule has 18 heavy (non-hydrogen) atoms. The molecule has 0 aliphatic carbocycles. The Bertz CT molecular complexity index is 601. The number of hydrogen-bond acceptors (Lipinski definition) is 4. The van der Waals surface area contributed by atoms with Gasteiger partial charge in [0.15, 0.2) is 5.03 Å². The number of hydrogen-bond donors (Lipinski definition) is 1. The van der Waals surface area contributed by atoms with Crippen molar-refractivity contribution in [1.29, 1.82) is 0 Å². The minimum absolute atomic E-state index is 0.116. The zero-order chi connectivity index (χ0) is 13.2. The van der Waals surface area contributed by atoms with Crippen LogP contribution in [0.2, 0.25) is 0 Å². The Morgan fingerprint density at radius 1 is 1.50 bits per heavy atom. The van der Waals surface area contributed by atoms with Crippen LogP contribution in [0.3, 0.4) is 0 Å². The standard InChI is InChI=1S/C11H15N3O3S/c1-3-10-12-6-11(13-10)18(15,16)14(2)7-9-4-5-17-8-9/h4-6,8H,3,7H2,1-2H3,(H,12,13). The second kappa shape index (κ2) is 4.95. The van der Waals surface area contributed by atoms with Crippen LogP contribution in [0.5, 0.6) is 0 Å². The Kier molecular flexibility index (Phi) is 3.53. The van der Waals surface area contributed by atoms with Crippen LogP contribution in [0, 0.1) is 0 Å². The second-order valence-corrected chi connectivity index (χ2v) is 5.95. The third kappa shape index (κ3) is 2.46. The number of imidazole rings is 1. The molecule has 0 aliphatic heterocycles. The number of rotatable bonds is 5. The van der Waals surface area contributed by atoms with Crippen LogP contribution in [0.4, 0.5) is 0 Å². The second-order valence-electron chi connectivity index (χ2n) is 3.94. The number of furan rings is 1. The molecule has 0 atom stereocenters. The average Bonchev–Trinajstić information content (AvgIpc) is 2.99. The number of aromatic amines is 1. The monoisotopic (exact) mass is 269 g/mol. The van der Waals surface area contributed by atoms with Crippen LogP contribution >= 0.6 is 0 Å². The summed E-state index contributed by atoms with van der Waals surface area (Å²) < 4.78 is 30.6. The molecule has 0 fully saturated rings. The van der Waals surface area contributed by atoms with Gasteiger partial charge < -0.3 is 9.40 Å². The number of aryl methyl sites for hydroxylation is 1. The molecule has 0 aromatic carbocycles. The molecule has 6 nitrogen and oxygen atoms in total. The fourth-order valence-electron chi connectivity index (χ4n) is 1.55. The highest BCUT2D eigenvalue weighted by molar-refractivity contribution is 7.89. The van der Waals surface area contributed by atoms with Crippen LogP contribution in [-0.4, -0.2) is 29.7 Å². The Balaban J connectivity index is 2.19. The first kappa shape index (κ1) is 12.8. The first-order valence-corrected chi connectivity index (χ1v) is 6.99. The fourth-order valence-corrected chi connectivity index (χ4v) is 2.63. The van der Waals surface area contributed by atoms with Crippen molar-refractivity contribution in [1.82, 2.24) is 14.3 Å². The Morgan fingerprint density at radius 3 is 2.83 bits per heavy atom. The van der Waals surface area contributed by atoms with E-state index in [1.54, 1.807) is 6.07 Å². The van der Waals surface area contributed by atoms with Crippen molar-refractivity contribution in [2.75, 3.05) is 7.05 Å². The third-order valence-corrected chi connectivity index (χ3v) is 4.33. The molecule has 0 saturated carbocycles. The smallest absolute Gasteiger partial charge is 0.260 e. The van der Waals surface area contributed by atoms with E-state index in [-0.39, 0.29) is 11.6 Å². The lowest BCUT2D eigenvalue weighted by atomic mass is 10.3. The molecule has 2 rings (SSSR count). The van der Waals surface area contributed by atoms with E-state index in [1.807, 2.05) is 6.92 Å². The normalized spacial score (nSPS) is 12.2. The maximum atomic E-state index is 12.2. The summed E-state index contributed by atoms with van der Waals surface area (Å²) in [5, 5.41) is 0.116. The first-order valence-electron chi connectivity index (χ1n) is 5.55. The van der Waals surface area contributed by atoms with Gasteiger partial charge in [-0.3, -0.25) is 0 Å². The van der Waals surface area contributed by atoms with Crippen molar-refractivity contribution < 1.29 is 12.8 Å². The molecule has 7 heteroatoms. The summed E-state index contributed by atoms with van der Waals surface area (Å²) in [5.41, 5.74) is 0.802. The van der Waals surface area contributed by atoms with Crippen LogP contribution in [-0.2, 0) is 23.0 Å². The van der Waals surface area contributed by atoms with E-state index in [0.717, 1.165) is 5.56 Å². The number of sulfonamides is 1. The number of nitrogens with one attached hydrogen (secondary N) is 1. The number of nitrogens with zero attached hydrogens (tertiary/aromatic N) is 2. The zero-order valence-corrected chi connectivity index (χ0v) is 11.1. The van der Waals surface area contributed by atoms with E-state index in [0.29, 0.717) is 12.2 Å². The van der Waals surface area contributed by atoms with E-state index in [4.69, 9.17) is 4.42 Å². The van der Waals surface area contributed by atoms with Gasteiger partial charge in [-0.15, -0.1) is 0 Å². The van der Waals surface area contributed by atoms with E-state index in [2.05, 4.69) is 9.97 Å². The lowest BCUT2D eigenvalue weighted by Crippen LogP contribution is -2.26. The predicted octanol–water partition coefficient (Wildman–Crippen LogP) is 1.39. The predicted molar refractivity (Wildman–Crippen MR) is 65.3 cm³/mol. The van der Waals surface area contributed by atoms with Gasteiger partial charge in [0.1, 0.15) is 5.82 Å². The molecular formula is C11H15N3O3S. The van der Waals surface area contributed by atoms with Crippen molar-refractivity contribution in [2.45, 2.75) is 24.9 Å². The number of aromatic nitrogens is 2. The summed E-state index contributed by atoms with van der Waals surface area (Å²) in [7, 11) is -2.01. The molecule has 2 aromatic rings. The molecule has 0 aliphatic rings. The van der Waals surface area contributed by atoms with Crippen molar-refractivity contribution in [3.05, 3.63) is 36.2 Å². The molecule has 2 aromatic heterocycles. The van der Waals surface area contributed by atoms with Gasteiger partial charge in [0.25, 0.3) is 10.0 Å². The van der Waals surface area contributed by atoms with Gasteiger partial charge >= 0.3 is 0 Å². The van der Waals surface area contributed by atoms with E-state index in [1.165, 1.54) is 30.1 Å². The fraction of sp³-hybridized carbons (Fsp3) is 0.364. The molecule has 98 valence electrons. The summed E-state index contributed by atoms with van der Waals surface area (Å²) >= 11 is 0. The van der Waals surface area contributed by atoms with Crippen molar-refractivity contribution in [3.8, 4) is 0 Å². The molecule has 1 N–H and O–H groups in total. The van der Waals surface area contributed by atoms with E-state index in [9.17, 15) is 8.42 Å². The quantitative estimate of drug-likeness (QED) is 0.889. The maximum absolute atomic E-state index is 12.2. The van der Waals surface area contributed by atoms with Gasteiger partial charge in [-0.1, -0.05) is 6.92 Å². The molecular weight excluding hydrogens is 254 g/mol. The largest absolute Gasteiger partial charge is 0.472 e. The molecule has 0 bridgehead atoms. The van der Waals surface area contributed by atoms with Gasteiger partial charge in [0, 0.05) is 25.6 Å². The lowest BCUT2D eigenvalue weighted by molar-refractivity contribution is 0.461. The molecule has 0 radical (unpaired) electrons. The summed E-state index contributed by atoms with van der Waals surface area (Å²) in [5.74, 6) is 0.658. The summed E-state index contributed by atoms with van der Waals surface area (Å²) in [6.07, 6.45) is 5.05. The van der Waals surface area contributed by atoms with Gasteiger partial charge in [-0.2, -0.15) is 4.31 Å². The Hall–Kier alpha value is -1.60. The van der Waals surface area contributed by atoms with Crippen LogP contribution in [0.25, 0.3) is 0 Å². The average molecular weight is 269 g/mol. The van der Waals surface area contributed by atoms with E-state index < -0.39 is 10.0 Å². The summed E-state index contributed by atoms with van der Waals surface area (Å²) in [6.45, 7) is 2.17. The van der Waals surface area contributed by atoms with Gasteiger partial charge in [0.2, 0.25) is 0 Å². The van der Waals surface area contributed by atoms with Gasteiger partial charge in [-0.05, 0) is 6.07 Å². The highest BCUT2D eigenvalue weighted by Crippen LogP contribution is 2.15. The molecule has 0 unspecified atom stereocenters. The lowest BCUT2D eigenvalue weighted by Gasteiger charge is -2.14. The Labute approximate surface area is 106 Å². The Morgan fingerprint density at radius 2 is 2.28 bits per heavy atom. The first-order chi connectivity index (χ1) is 8.54. The van der Waals surface area contributed by atoms with Crippen LogP contribution < -0.4 is 0 Å². The van der Waals surface area contributed by atoms with Gasteiger partial charge in [0.05, 0.1) is 18.7 Å². The third-order valence-electron chi connectivity index (χ3n) is 2.61. The van der Waals surface area contributed by atoms with Gasteiger partial charge in [-0.25, -0.2) is 13.4 Å². The minimum Gasteiger partial charge on any atom is -0.472 e.